The maximum absolute atomic E-state index is 13.5. The fourth-order valence-electron chi connectivity index (χ4n) is 4.21. The molecule has 0 atom stereocenters. The summed E-state index contributed by atoms with van der Waals surface area (Å²) in [6.07, 6.45) is 0.185. The van der Waals surface area contributed by atoms with Crippen molar-refractivity contribution in [2.75, 3.05) is 48.5 Å². The zero-order valence-corrected chi connectivity index (χ0v) is 22.0. The van der Waals surface area contributed by atoms with Gasteiger partial charge in [-0.2, -0.15) is 0 Å². The number of nitrogens with zero attached hydrogens (tertiary/aromatic N) is 2. The molecule has 0 radical (unpaired) electrons. The second kappa shape index (κ2) is 13.1. The third-order valence-electron chi connectivity index (χ3n) is 6.34. The molecule has 0 fully saturated rings. The monoisotopic (exact) mass is 512 g/mol. The molecule has 0 aliphatic heterocycles. The van der Waals surface area contributed by atoms with E-state index in [1.54, 1.807) is 57.5 Å². The first kappa shape index (κ1) is 27.9. The summed E-state index contributed by atoms with van der Waals surface area (Å²) in [7, 11) is 8.46. The number of ether oxygens (including phenoxy) is 3. The fourth-order valence-corrected chi connectivity index (χ4v) is 4.21. The van der Waals surface area contributed by atoms with E-state index in [0.717, 1.165) is 16.7 Å². The minimum absolute atomic E-state index is 0.0557. The molecule has 37 heavy (non-hydrogen) atoms. The van der Waals surface area contributed by atoms with Crippen molar-refractivity contribution in [3.8, 4) is 17.2 Å². The van der Waals surface area contributed by atoms with Crippen molar-refractivity contribution in [2.24, 2.45) is 0 Å². The Kier molecular flexibility index (Phi) is 9.85. The van der Waals surface area contributed by atoms with Crippen molar-refractivity contribution < 1.29 is 27.8 Å². The summed E-state index contributed by atoms with van der Waals surface area (Å²) in [5, 5.41) is 0. The lowest BCUT2D eigenvalue weighted by Crippen LogP contribution is -2.35. The number of benzene rings is 3. The van der Waals surface area contributed by atoms with Gasteiger partial charge in [-0.05, 0) is 60.1 Å². The van der Waals surface area contributed by atoms with E-state index >= 15 is 0 Å². The predicted octanol–water partition coefficient (Wildman–Crippen LogP) is 5.10. The predicted molar refractivity (Wildman–Crippen MR) is 139 cm³/mol. The number of halogens is 2. The van der Waals surface area contributed by atoms with Gasteiger partial charge in [0.1, 0.15) is 11.6 Å². The van der Waals surface area contributed by atoms with E-state index in [2.05, 4.69) is 4.90 Å². The second-order valence-electron chi connectivity index (χ2n) is 8.95. The van der Waals surface area contributed by atoms with Crippen LogP contribution >= 0.6 is 0 Å². The fraction of sp³-hybridized carbons (Fsp3) is 0.345. The highest BCUT2D eigenvalue weighted by Gasteiger charge is 2.21. The molecule has 0 aromatic heterocycles. The van der Waals surface area contributed by atoms with E-state index in [0.29, 0.717) is 36.9 Å². The van der Waals surface area contributed by atoms with Crippen molar-refractivity contribution in [1.82, 2.24) is 9.80 Å². The van der Waals surface area contributed by atoms with E-state index in [4.69, 9.17) is 14.2 Å². The highest BCUT2D eigenvalue weighted by atomic mass is 19.1. The molecule has 1 amide bonds. The van der Waals surface area contributed by atoms with Crippen LogP contribution in [0.3, 0.4) is 0 Å². The van der Waals surface area contributed by atoms with Gasteiger partial charge in [0.2, 0.25) is 11.7 Å². The smallest absolute Gasteiger partial charge is 0.223 e. The van der Waals surface area contributed by atoms with Gasteiger partial charge in [0, 0.05) is 39.0 Å². The Balaban J connectivity index is 1.64. The van der Waals surface area contributed by atoms with Crippen molar-refractivity contribution in [1.29, 1.82) is 0 Å². The Hall–Kier alpha value is -3.65. The molecule has 0 N–H and O–H groups in total. The summed E-state index contributed by atoms with van der Waals surface area (Å²) >= 11 is 0. The second-order valence-corrected chi connectivity index (χ2v) is 8.95. The standard InChI is InChI=1S/C29H34F2N2O4/c1-32(19-20-16-26(35-3)29(37-5)27(17-20)36-4)14-15-33(2)28(34)18-25(21-6-10-23(30)11-7-21)22-8-12-24(31)13-9-22/h6-13,16-17,25H,14-15,18-19H2,1-5H3. The molecule has 0 unspecified atom stereocenters. The van der Waals surface area contributed by atoms with Crippen LogP contribution in [0.5, 0.6) is 17.2 Å². The molecular weight excluding hydrogens is 478 g/mol. The van der Waals surface area contributed by atoms with Crippen LogP contribution in [0.25, 0.3) is 0 Å². The molecule has 0 saturated carbocycles. The normalized spacial score (nSPS) is 11.1. The molecule has 198 valence electrons. The van der Waals surface area contributed by atoms with Crippen LogP contribution in [-0.2, 0) is 11.3 Å². The summed E-state index contributed by atoms with van der Waals surface area (Å²) in [4.78, 5) is 16.9. The number of rotatable bonds is 12. The Morgan fingerprint density at radius 3 is 1.70 bits per heavy atom. The first-order valence-electron chi connectivity index (χ1n) is 12.0. The number of carbonyl (C=O) groups excluding carboxylic acids is 1. The molecule has 0 heterocycles. The maximum Gasteiger partial charge on any atom is 0.223 e. The van der Waals surface area contributed by atoms with Gasteiger partial charge < -0.3 is 24.0 Å². The van der Waals surface area contributed by atoms with Crippen molar-refractivity contribution in [3.05, 3.63) is 89.0 Å². The van der Waals surface area contributed by atoms with Gasteiger partial charge in [0.05, 0.1) is 21.3 Å². The van der Waals surface area contributed by atoms with Gasteiger partial charge in [-0.1, -0.05) is 24.3 Å². The Morgan fingerprint density at radius 2 is 1.27 bits per heavy atom. The van der Waals surface area contributed by atoms with Crippen LogP contribution in [-0.4, -0.2) is 64.2 Å². The molecule has 0 bridgehead atoms. The van der Waals surface area contributed by atoms with Gasteiger partial charge in [-0.25, -0.2) is 8.78 Å². The quantitative estimate of drug-likeness (QED) is 0.338. The number of hydrogen-bond donors (Lipinski definition) is 0. The van der Waals surface area contributed by atoms with Crippen molar-refractivity contribution >= 4 is 5.91 Å². The van der Waals surface area contributed by atoms with Gasteiger partial charge >= 0.3 is 0 Å². The summed E-state index contributed by atoms with van der Waals surface area (Å²) in [5.41, 5.74) is 2.59. The first-order chi connectivity index (χ1) is 17.7. The lowest BCUT2D eigenvalue weighted by atomic mass is 9.88. The summed E-state index contributed by atoms with van der Waals surface area (Å²) in [6.45, 7) is 1.77. The van der Waals surface area contributed by atoms with Gasteiger partial charge in [-0.15, -0.1) is 0 Å². The SMILES string of the molecule is COc1cc(CN(C)CCN(C)C(=O)CC(c2ccc(F)cc2)c2ccc(F)cc2)cc(OC)c1OC. The molecule has 0 saturated heterocycles. The van der Waals surface area contributed by atoms with E-state index in [-0.39, 0.29) is 29.9 Å². The van der Waals surface area contributed by atoms with Crippen molar-refractivity contribution in [2.45, 2.75) is 18.9 Å². The van der Waals surface area contributed by atoms with Gasteiger partial charge in [0.15, 0.2) is 11.5 Å². The highest BCUT2D eigenvalue weighted by molar-refractivity contribution is 5.77. The third kappa shape index (κ3) is 7.43. The molecule has 3 rings (SSSR count). The van der Waals surface area contributed by atoms with Crippen LogP contribution in [0.1, 0.15) is 29.0 Å². The van der Waals surface area contributed by atoms with E-state index in [1.165, 1.54) is 24.3 Å². The summed E-state index contributed by atoms with van der Waals surface area (Å²) < 4.78 is 43.3. The van der Waals surface area contributed by atoms with Crippen LogP contribution in [0.4, 0.5) is 8.78 Å². The van der Waals surface area contributed by atoms with Crippen LogP contribution < -0.4 is 14.2 Å². The van der Waals surface area contributed by atoms with E-state index < -0.39 is 0 Å². The number of likely N-dealkylation sites (N-methyl/N-ethyl adjacent to an activating group) is 2. The summed E-state index contributed by atoms with van der Waals surface area (Å²) in [5.74, 6) is 0.655. The average Bonchev–Trinajstić information content (AvgIpc) is 2.90. The van der Waals surface area contributed by atoms with Gasteiger partial charge in [0.25, 0.3) is 0 Å². The van der Waals surface area contributed by atoms with Crippen LogP contribution in [0.15, 0.2) is 60.7 Å². The molecule has 3 aromatic rings. The minimum Gasteiger partial charge on any atom is -0.493 e. The Bertz CT molecular complexity index is 1100. The molecular formula is C29H34F2N2O4. The number of hydrogen-bond acceptors (Lipinski definition) is 5. The minimum atomic E-state index is -0.347. The van der Waals surface area contributed by atoms with Crippen LogP contribution in [0, 0.1) is 11.6 Å². The number of methoxy groups -OCH3 is 3. The molecule has 0 aliphatic rings. The lowest BCUT2D eigenvalue weighted by Gasteiger charge is -2.25. The Morgan fingerprint density at radius 1 is 0.784 bits per heavy atom. The van der Waals surface area contributed by atoms with Crippen LogP contribution in [0.2, 0.25) is 0 Å². The topological polar surface area (TPSA) is 51.2 Å². The average molecular weight is 513 g/mol. The molecule has 3 aromatic carbocycles. The zero-order chi connectivity index (χ0) is 26.9. The number of amides is 1. The van der Waals surface area contributed by atoms with Crippen molar-refractivity contribution in [3.63, 3.8) is 0 Å². The summed E-state index contributed by atoms with van der Waals surface area (Å²) in [6, 6.07) is 16.0. The molecule has 0 aliphatic carbocycles. The third-order valence-corrected chi connectivity index (χ3v) is 6.34. The first-order valence-corrected chi connectivity index (χ1v) is 12.0. The molecule has 0 spiro atoms. The number of carbonyl (C=O) groups is 1. The largest absolute Gasteiger partial charge is 0.493 e. The van der Waals surface area contributed by atoms with Gasteiger partial charge in [-0.3, -0.25) is 4.79 Å². The molecule has 8 heteroatoms. The molecule has 6 nitrogen and oxygen atoms in total. The van der Waals surface area contributed by atoms with E-state index in [1.807, 2.05) is 19.2 Å². The zero-order valence-electron chi connectivity index (χ0n) is 22.0. The lowest BCUT2D eigenvalue weighted by molar-refractivity contribution is -0.130. The maximum atomic E-state index is 13.5. The van der Waals surface area contributed by atoms with E-state index in [9.17, 15) is 13.6 Å². The highest BCUT2D eigenvalue weighted by Crippen LogP contribution is 2.38. The Labute approximate surface area is 217 Å².